The van der Waals surface area contributed by atoms with Gasteiger partial charge in [0.2, 0.25) is 6.29 Å². The van der Waals surface area contributed by atoms with Crippen LogP contribution >= 0.6 is 0 Å². The standard InChI is InChI=1S/C12H20O5/c1-3-4-5-6-10(13)17-11(14)8-7-9(2)12(15)16/h11,14H,2-8H2,1H3,(H,15,16). The van der Waals surface area contributed by atoms with E-state index in [9.17, 15) is 14.7 Å². The molecule has 0 saturated heterocycles. The van der Waals surface area contributed by atoms with Crippen LogP contribution in [0.2, 0.25) is 0 Å². The zero-order valence-electron chi connectivity index (χ0n) is 10.1. The molecule has 0 radical (unpaired) electrons. The Morgan fingerprint density at radius 2 is 1.94 bits per heavy atom. The topological polar surface area (TPSA) is 83.8 Å². The largest absolute Gasteiger partial charge is 0.478 e. The number of carboxylic acid groups (broad SMARTS) is 1. The van der Waals surface area contributed by atoms with E-state index in [1.807, 2.05) is 6.92 Å². The molecule has 98 valence electrons. The molecule has 0 aromatic carbocycles. The van der Waals surface area contributed by atoms with E-state index in [1.54, 1.807) is 0 Å². The third-order valence-corrected chi connectivity index (χ3v) is 2.25. The van der Waals surface area contributed by atoms with Crippen LogP contribution in [0, 0.1) is 0 Å². The van der Waals surface area contributed by atoms with Crippen molar-refractivity contribution in [3.05, 3.63) is 12.2 Å². The van der Waals surface area contributed by atoms with Crippen molar-refractivity contribution in [3.63, 3.8) is 0 Å². The number of aliphatic hydroxyl groups is 1. The average molecular weight is 244 g/mol. The SMILES string of the molecule is C=C(CCC(O)OC(=O)CCCCC)C(=O)O. The number of ether oxygens (including phenoxy) is 1. The maximum atomic E-state index is 11.2. The maximum absolute atomic E-state index is 11.2. The molecule has 0 bridgehead atoms. The second-order valence-electron chi connectivity index (χ2n) is 3.85. The van der Waals surface area contributed by atoms with Gasteiger partial charge in [-0.25, -0.2) is 4.79 Å². The molecule has 2 N–H and O–H groups in total. The summed E-state index contributed by atoms with van der Waals surface area (Å²) in [4.78, 5) is 21.6. The van der Waals surface area contributed by atoms with Crippen molar-refractivity contribution in [1.29, 1.82) is 0 Å². The summed E-state index contributed by atoms with van der Waals surface area (Å²) in [5.41, 5.74) is -0.00826. The van der Waals surface area contributed by atoms with Crippen LogP contribution in [0.4, 0.5) is 0 Å². The summed E-state index contributed by atoms with van der Waals surface area (Å²) >= 11 is 0. The van der Waals surface area contributed by atoms with Crippen molar-refractivity contribution in [2.75, 3.05) is 0 Å². The quantitative estimate of drug-likeness (QED) is 0.280. The van der Waals surface area contributed by atoms with Gasteiger partial charge in [-0.05, 0) is 12.8 Å². The minimum Gasteiger partial charge on any atom is -0.478 e. The Morgan fingerprint density at radius 3 is 2.47 bits per heavy atom. The van der Waals surface area contributed by atoms with Crippen LogP contribution < -0.4 is 0 Å². The van der Waals surface area contributed by atoms with Gasteiger partial charge in [0.15, 0.2) is 0 Å². The lowest BCUT2D eigenvalue weighted by Crippen LogP contribution is -2.18. The van der Waals surface area contributed by atoms with E-state index in [0.717, 1.165) is 19.3 Å². The molecule has 0 fully saturated rings. The Balaban J connectivity index is 3.70. The molecule has 0 aromatic rings. The summed E-state index contributed by atoms with van der Waals surface area (Å²) in [6, 6.07) is 0. The van der Waals surface area contributed by atoms with Gasteiger partial charge in [-0.2, -0.15) is 0 Å². The molecule has 0 saturated carbocycles. The Bertz CT molecular complexity index is 272. The number of hydrogen-bond acceptors (Lipinski definition) is 4. The van der Waals surface area contributed by atoms with Crippen LogP contribution in [0.15, 0.2) is 12.2 Å². The number of hydrogen-bond donors (Lipinski definition) is 2. The molecule has 0 aliphatic carbocycles. The lowest BCUT2D eigenvalue weighted by molar-refractivity contribution is -0.168. The van der Waals surface area contributed by atoms with Gasteiger partial charge < -0.3 is 14.9 Å². The van der Waals surface area contributed by atoms with E-state index in [1.165, 1.54) is 0 Å². The van der Waals surface area contributed by atoms with Crippen molar-refractivity contribution in [2.45, 2.75) is 51.7 Å². The number of rotatable bonds is 9. The number of carboxylic acids is 1. The molecule has 0 amide bonds. The number of carbonyl (C=O) groups is 2. The predicted octanol–water partition coefficient (Wildman–Crippen LogP) is 1.85. The van der Waals surface area contributed by atoms with E-state index < -0.39 is 18.2 Å². The van der Waals surface area contributed by atoms with Crippen molar-refractivity contribution >= 4 is 11.9 Å². The summed E-state index contributed by atoms with van der Waals surface area (Å²) in [5.74, 6) is -1.56. The van der Waals surface area contributed by atoms with E-state index in [-0.39, 0.29) is 24.8 Å². The first-order chi connectivity index (χ1) is 7.97. The molecule has 5 nitrogen and oxygen atoms in total. The lowest BCUT2D eigenvalue weighted by atomic mass is 10.1. The molecule has 17 heavy (non-hydrogen) atoms. The van der Waals surface area contributed by atoms with E-state index in [0.29, 0.717) is 0 Å². The third-order valence-electron chi connectivity index (χ3n) is 2.25. The monoisotopic (exact) mass is 244 g/mol. The molecule has 1 unspecified atom stereocenters. The van der Waals surface area contributed by atoms with Gasteiger partial charge in [-0.1, -0.05) is 26.3 Å². The zero-order chi connectivity index (χ0) is 13.3. The minimum absolute atomic E-state index is 0.00826. The summed E-state index contributed by atoms with van der Waals surface area (Å²) in [7, 11) is 0. The molecular formula is C12H20O5. The van der Waals surface area contributed by atoms with Crippen LogP contribution in [-0.2, 0) is 14.3 Å². The zero-order valence-corrected chi connectivity index (χ0v) is 10.1. The molecule has 5 heteroatoms. The van der Waals surface area contributed by atoms with Crippen molar-refractivity contribution in [1.82, 2.24) is 0 Å². The fourth-order valence-corrected chi connectivity index (χ4v) is 1.19. The smallest absolute Gasteiger partial charge is 0.330 e. The maximum Gasteiger partial charge on any atom is 0.330 e. The summed E-state index contributed by atoms with van der Waals surface area (Å²) < 4.78 is 4.71. The molecular weight excluding hydrogens is 224 g/mol. The lowest BCUT2D eigenvalue weighted by Gasteiger charge is -2.11. The van der Waals surface area contributed by atoms with Crippen LogP contribution in [0.3, 0.4) is 0 Å². The molecule has 0 aliphatic heterocycles. The first kappa shape index (κ1) is 15.6. The Morgan fingerprint density at radius 1 is 1.29 bits per heavy atom. The Labute approximate surface area is 101 Å². The van der Waals surface area contributed by atoms with Crippen LogP contribution in [0.25, 0.3) is 0 Å². The molecule has 1 atom stereocenters. The number of carbonyl (C=O) groups excluding carboxylic acids is 1. The second-order valence-corrected chi connectivity index (χ2v) is 3.85. The third kappa shape index (κ3) is 8.45. The van der Waals surface area contributed by atoms with Crippen molar-refractivity contribution < 1.29 is 24.5 Å². The highest BCUT2D eigenvalue weighted by molar-refractivity contribution is 5.85. The van der Waals surface area contributed by atoms with E-state index in [2.05, 4.69) is 6.58 Å². The van der Waals surface area contributed by atoms with Gasteiger partial charge in [0.05, 0.1) is 0 Å². The summed E-state index contributed by atoms with van der Waals surface area (Å²) in [5, 5.41) is 17.9. The van der Waals surface area contributed by atoms with Gasteiger partial charge in [0, 0.05) is 18.4 Å². The first-order valence-corrected chi connectivity index (χ1v) is 5.76. The van der Waals surface area contributed by atoms with Crippen LogP contribution in [0.1, 0.15) is 45.4 Å². The summed E-state index contributed by atoms with van der Waals surface area (Å²) in [6.07, 6.45) is 1.88. The molecule has 0 aliphatic rings. The molecule has 0 aromatic heterocycles. The van der Waals surface area contributed by atoms with E-state index >= 15 is 0 Å². The fraction of sp³-hybridized carbons (Fsp3) is 0.667. The normalized spacial score (nSPS) is 11.9. The predicted molar refractivity (Wildman–Crippen MR) is 62.3 cm³/mol. The van der Waals surface area contributed by atoms with Gasteiger partial charge in [0.1, 0.15) is 0 Å². The van der Waals surface area contributed by atoms with Crippen LogP contribution in [0.5, 0.6) is 0 Å². The number of aliphatic carboxylic acids is 1. The average Bonchev–Trinajstić information content (AvgIpc) is 2.26. The van der Waals surface area contributed by atoms with Gasteiger partial charge in [-0.15, -0.1) is 0 Å². The van der Waals surface area contributed by atoms with Gasteiger partial charge in [0.25, 0.3) is 0 Å². The van der Waals surface area contributed by atoms with Crippen molar-refractivity contribution in [2.24, 2.45) is 0 Å². The van der Waals surface area contributed by atoms with Gasteiger partial charge >= 0.3 is 11.9 Å². The second kappa shape index (κ2) is 8.75. The van der Waals surface area contributed by atoms with E-state index in [4.69, 9.17) is 9.84 Å². The minimum atomic E-state index is -1.25. The molecule has 0 heterocycles. The van der Waals surface area contributed by atoms with Crippen LogP contribution in [-0.4, -0.2) is 28.4 Å². The highest BCUT2D eigenvalue weighted by Crippen LogP contribution is 2.09. The molecule has 0 rings (SSSR count). The Hall–Kier alpha value is -1.36. The number of esters is 1. The van der Waals surface area contributed by atoms with Gasteiger partial charge in [-0.3, -0.25) is 4.79 Å². The fourth-order valence-electron chi connectivity index (χ4n) is 1.19. The number of unbranched alkanes of at least 4 members (excludes halogenated alkanes) is 2. The highest BCUT2D eigenvalue weighted by atomic mass is 16.6. The summed E-state index contributed by atoms with van der Waals surface area (Å²) in [6.45, 7) is 5.34. The highest BCUT2D eigenvalue weighted by Gasteiger charge is 2.13. The Kier molecular flexibility index (Phi) is 8.05. The first-order valence-electron chi connectivity index (χ1n) is 5.76. The molecule has 0 spiro atoms. The van der Waals surface area contributed by atoms with Crippen molar-refractivity contribution in [3.8, 4) is 0 Å². The number of aliphatic hydroxyl groups excluding tert-OH is 1.